The molecule has 2 aliphatic rings. The second-order valence-corrected chi connectivity index (χ2v) is 9.01. The number of hydrogen-bond acceptors (Lipinski definition) is 5. The van der Waals surface area contributed by atoms with Gasteiger partial charge in [-0.1, -0.05) is 0 Å². The van der Waals surface area contributed by atoms with E-state index in [1.54, 1.807) is 4.90 Å². The van der Waals surface area contributed by atoms with Crippen molar-refractivity contribution in [3.63, 3.8) is 0 Å². The van der Waals surface area contributed by atoms with Gasteiger partial charge in [0.1, 0.15) is 5.75 Å². The molecule has 0 N–H and O–H groups in total. The SMILES string of the molecule is O=C(COc1ccc(C(F)(F)F)cc1)N1CCN(C2CCS(=O)(=O)C2)CC1. The van der Waals surface area contributed by atoms with Crippen molar-refractivity contribution in [2.24, 2.45) is 0 Å². The molecule has 2 saturated heterocycles. The molecular formula is C17H21F3N2O4S. The van der Waals surface area contributed by atoms with Crippen molar-refractivity contribution in [3.8, 4) is 5.75 Å². The third kappa shape index (κ3) is 5.13. The van der Waals surface area contributed by atoms with E-state index in [1.807, 2.05) is 0 Å². The van der Waals surface area contributed by atoms with Gasteiger partial charge in [-0.15, -0.1) is 0 Å². The fourth-order valence-electron chi connectivity index (χ4n) is 3.38. The van der Waals surface area contributed by atoms with Crippen molar-refractivity contribution in [3.05, 3.63) is 29.8 Å². The third-order valence-corrected chi connectivity index (χ3v) is 6.69. The Morgan fingerprint density at radius 2 is 1.74 bits per heavy atom. The first-order valence-corrected chi connectivity index (χ1v) is 10.5. The highest BCUT2D eigenvalue weighted by Crippen LogP contribution is 2.30. The molecule has 1 atom stereocenters. The van der Waals surface area contributed by atoms with E-state index in [2.05, 4.69) is 4.90 Å². The molecule has 0 spiro atoms. The lowest BCUT2D eigenvalue weighted by Crippen LogP contribution is -2.53. The lowest BCUT2D eigenvalue weighted by atomic mass is 10.2. The summed E-state index contributed by atoms with van der Waals surface area (Å²) in [5, 5.41) is 0. The molecule has 3 rings (SSSR count). The average molecular weight is 406 g/mol. The normalized spacial score (nSPS) is 23.4. The minimum Gasteiger partial charge on any atom is -0.484 e. The van der Waals surface area contributed by atoms with Crippen LogP contribution in [-0.4, -0.2) is 74.5 Å². The molecule has 2 fully saturated rings. The van der Waals surface area contributed by atoms with Gasteiger partial charge in [-0.25, -0.2) is 8.42 Å². The van der Waals surface area contributed by atoms with Crippen LogP contribution in [0, 0.1) is 0 Å². The average Bonchev–Trinajstić information content (AvgIpc) is 2.99. The van der Waals surface area contributed by atoms with E-state index in [9.17, 15) is 26.4 Å². The van der Waals surface area contributed by atoms with Gasteiger partial charge in [-0.05, 0) is 30.7 Å². The summed E-state index contributed by atoms with van der Waals surface area (Å²) < 4.78 is 66.0. The van der Waals surface area contributed by atoms with Crippen molar-refractivity contribution >= 4 is 15.7 Å². The predicted octanol–water partition coefficient (Wildman–Crippen LogP) is 1.42. The molecule has 1 amide bonds. The highest BCUT2D eigenvalue weighted by Gasteiger charge is 2.34. The number of hydrogen-bond donors (Lipinski definition) is 0. The Balaban J connectivity index is 1.44. The standard InChI is InChI=1S/C17H21F3N2O4S/c18-17(19,20)13-1-3-15(4-2-13)26-11-16(23)22-8-6-21(7-9-22)14-5-10-27(24,25)12-14/h1-4,14H,5-12H2. The molecule has 0 bridgehead atoms. The fourth-order valence-corrected chi connectivity index (χ4v) is 5.14. The number of benzene rings is 1. The molecule has 10 heteroatoms. The van der Waals surface area contributed by atoms with Gasteiger partial charge in [0, 0.05) is 32.2 Å². The quantitative estimate of drug-likeness (QED) is 0.757. The summed E-state index contributed by atoms with van der Waals surface area (Å²) in [6, 6.07) is 4.22. The number of halogens is 3. The van der Waals surface area contributed by atoms with Gasteiger partial charge in [-0.3, -0.25) is 9.69 Å². The van der Waals surface area contributed by atoms with Crippen LogP contribution in [0.4, 0.5) is 13.2 Å². The van der Waals surface area contributed by atoms with Crippen molar-refractivity contribution in [2.75, 3.05) is 44.3 Å². The monoisotopic (exact) mass is 406 g/mol. The summed E-state index contributed by atoms with van der Waals surface area (Å²) in [5.74, 6) is 0.357. The molecule has 2 heterocycles. The minimum atomic E-state index is -4.41. The Hall–Kier alpha value is -1.81. The van der Waals surface area contributed by atoms with Crippen LogP contribution in [0.15, 0.2) is 24.3 Å². The molecule has 150 valence electrons. The van der Waals surface area contributed by atoms with Crippen molar-refractivity contribution in [1.29, 1.82) is 0 Å². The van der Waals surface area contributed by atoms with Gasteiger partial charge in [0.25, 0.3) is 5.91 Å². The van der Waals surface area contributed by atoms with Gasteiger partial charge < -0.3 is 9.64 Å². The summed E-state index contributed by atoms with van der Waals surface area (Å²) in [7, 11) is -2.94. The highest BCUT2D eigenvalue weighted by molar-refractivity contribution is 7.91. The van der Waals surface area contributed by atoms with Crippen LogP contribution in [0.3, 0.4) is 0 Å². The number of amides is 1. The summed E-state index contributed by atoms with van der Waals surface area (Å²) >= 11 is 0. The van der Waals surface area contributed by atoms with Gasteiger partial charge >= 0.3 is 6.18 Å². The smallest absolute Gasteiger partial charge is 0.416 e. The van der Waals surface area contributed by atoms with Crippen LogP contribution in [0.1, 0.15) is 12.0 Å². The fraction of sp³-hybridized carbons (Fsp3) is 0.588. The maximum atomic E-state index is 12.5. The van der Waals surface area contributed by atoms with Gasteiger partial charge in [-0.2, -0.15) is 13.2 Å². The summed E-state index contributed by atoms with van der Waals surface area (Å²) in [6.07, 6.45) is -3.78. The summed E-state index contributed by atoms with van der Waals surface area (Å²) in [6.45, 7) is 1.92. The second kappa shape index (κ2) is 7.67. The third-order valence-electron chi connectivity index (χ3n) is 4.94. The van der Waals surface area contributed by atoms with E-state index in [0.717, 1.165) is 12.1 Å². The molecule has 1 unspecified atom stereocenters. The van der Waals surface area contributed by atoms with E-state index in [1.165, 1.54) is 12.1 Å². The molecule has 1 aromatic rings. The number of carbonyl (C=O) groups is 1. The molecule has 0 radical (unpaired) electrons. The number of sulfone groups is 1. The van der Waals surface area contributed by atoms with Crippen LogP contribution in [0.25, 0.3) is 0 Å². The minimum absolute atomic E-state index is 0.0237. The molecule has 0 saturated carbocycles. The number of alkyl halides is 3. The van der Waals surface area contributed by atoms with Crippen LogP contribution in [-0.2, 0) is 20.8 Å². The Labute approximate surface area is 155 Å². The number of rotatable bonds is 4. The van der Waals surface area contributed by atoms with E-state index < -0.39 is 21.6 Å². The lowest BCUT2D eigenvalue weighted by molar-refractivity contribution is -0.138. The molecule has 6 nitrogen and oxygen atoms in total. The van der Waals surface area contributed by atoms with E-state index in [-0.39, 0.29) is 35.8 Å². The van der Waals surface area contributed by atoms with E-state index in [4.69, 9.17) is 4.74 Å². The first-order chi connectivity index (χ1) is 12.6. The molecule has 2 aliphatic heterocycles. The molecule has 1 aromatic carbocycles. The maximum Gasteiger partial charge on any atom is 0.416 e. The molecule has 27 heavy (non-hydrogen) atoms. The molecular weight excluding hydrogens is 385 g/mol. The number of carbonyl (C=O) groups excluding carboxylic acids is 1. The van der Waals surface area contributed by atoms with E-state index in [0.29, 0.717) is 32.6 Å². The van der Waals surface area contributed by atoms with Crippen molar-refractivity contribution in [1.82, 2.24) is 9.80 Å². The zero-order valence-electron chi connectivity index (χ0n) is 14.6. The van der Waals surface area contributed by atoms with Crippen LogP contribution < -0.4 is 4.74 Å². The number of nitrogens with zero attached hydrogens (tertiary/aromatic N) is 2. The van der Waals surface area contributed by atoms with Crippen molar-refractivity contribution < 1.29 is 31.1 Å². The number of piperazine rings is 1. The van der Waals surface area contributed by atoms with Crippen molar-refractivity contribution in [2.45, 2.75) is 18.6 Å². The Morgan fingerprint density at radius 1 is 1.11 bits per heavy atom. The van der Waals surface area contributed by atoms with Gasteiger partial charge in [0.15, 0.2) is 16.4 Å². The maximum absolute atomic E-state index is 12.5. The number of ether oxygens (including phenoxy) is 1. The Kier molecular flexibility index (Phi) is 5.66. The highest BCUT2D eigenvalue weighted by atomic mass is 32.2. The largest absolute Gasteiger partial charge is 0.484 e. The van der Waals surface area contributed by atoms with Gasteiger partial charge in [0.05, 0.1) is 17.1 Å². The second-order valence-electron chi connectivity index (χ2n) is 6.78. The van der Waals surface area contributed by atoms with Gasteiger partial charge in [0.2, 0.25) is 0 Å². The van der Waals surface area contributed by atoms with E-state index >= 15 is 0 Å². The molecule has 0 aromatic heterocycles. The van der Waals surface area contributed by atoms with Crippen LogP contribution in [0.2, 0.25) is 0 Å². The Morgan fingerprint density at radius 3 is 2.26 bits per heavy atom. The van der Waals surface area contributed by atoms with Crippen LogP contribution >= 0.6 is 0 Å². The Bertz CT molecular complexity index is 772. The zero-order chi connectivity index (χ0) is 19.7. The molecule has 0 aliphatic carbocycles. The summed E-state index contributed by atoms with van der Waals surface area (Å²) in [5.41, 5.74) is -0.772. The topological polar surface area (TPSA) is 66.9 Å². The first-order valence-electron chi connectivity index (χ1n) is 8.66. The predicted molar refractivity (Wildman–Crippen MR) is 92.2 cm³/mol. The zero-order valence-corrected chi connectivity index (χ0v) is 15.4. The lowest BCUT2D eigenvalue weighted by Gasteiger charge is -2.37. The summed E-state index contributed by atoms with van der Waals surface area (Å²) in [4.78, 5) is 16.0. The first kappa shape index (κ1) is 19.9. The van der Waals surface area contributed by atoms with Crippen LogP contribution in [0.5, 0.6) is 5.75 Å².